The van der Waals surface area contributed by atoms with E-state index in [1.807, 2.05) is 24.3 Å². The summed E-state index contributed by atoms with van der Waals surface area (Å²) < 4.78 is 5.46. The van der Waals surface area contributed by atoms with Crippen molar-refractivity contribution in [2.75, 3.05) is 24.3 Å². The molecule has 0 bridgehead atoms. The summed E-state index contributed by atoms with van der Waals surface area (Å²) in [6.45, 7) is 0.727. The van der Waals surface area contributed by atoms with E-state index in [1.165, 1.54) is 11.8 Å². The lowest BCUT2D eigenvalue weighted by atomic mass is 10.0. The number of amides is 2. The SMILES string of the molecule is COc1ccc2c(c1)[C@@]1(SCCN1C(=O)c1ccc(Cl)cc1)C(=O)N2Cc1cccc(C#N)c1. The molecule has 5 rings (SSSR count). The van der Waals surface area contributed by atoms with Gasteiger partial charge in [0.2, 0.25) is 0 Å². The Kier molecular flexibility index (Phi) is 5.72. The minimum absolute atomic E-state index is 0.178. The van der Waals surface area contributed by atoms with Crippen molar-refractivity contribution in [3.63, 3.8) is 0 Å². The molecule has 1 spiro atoms. The third-order valence-corrected chi connectivity index (χ3v) is 7.81. The van der Waals surface area contributed by atoms with E-state index in [4.69, 9.17) is 16.3 Å². The molecule has 2 aliphatic heterocycles. The summed E-state index contributed by atoms with van der Waals surface area (Å²) in [5.74, 6) is 0.838. The molecule has 2 amide bonds. The van der Waals surface area contributed by atoms with Crippen LogP contribution >= 0.6 is 23.4 Å². The minimum atomic E-state index is -1.19. The van der Waals surface area contributed by atoms with E-state index in [1.54, 1.807) is 59.4 Å². The molecule has 170 valence electrons. The van der Waals surface area contributed by atoms with Gasteiger partial charge in [0.1, 0.15) is 5.75 Å². The standard InChI is InChI=1S/C26H20ClN3O3S/c1-33-21-9-10-23-22(14-21)26(25(32)29(23)16-18-4-2-3-17(13-18)15-28)30(11-12-34-26)24(31)19-5-7-20(27)8-6-19/h2-10,13-14H,11-12,16H2,1H3/t26-/m1/s1. The average Bonchev–Trinajstić information content (AvgIpc) is 3.41. The molecule has 6 nitrogen and oxygen atoms in total. The van der Waals surface area contributed by atoms with Crippen LogP contribution in [-0.4, -0.2) is 36.1 Å². The first kappa shape index (κ1) is 22.3. The highest BCUT2D eigenvalue weighted by Crippen LogP contribution is 2.55. The summed E-state index contributed by atoms with van der Waals surface area (Å²) in [6.07, 6.45) is 0. The van der Waals surface area contributed by atoms with Gasteiger partial charge in [-0.15, -0.1) is 11.8 Å². The van der Waals surface area contributed by atoms with Gasteiger partial charge in [-0.3, -0.25) is 9.59 Å². The molecule has 8 heteroatoms. The Bertz CT molecular complexity index is 1340. The van der Waals surface area contributed by atoms with Crippen LogP contribution in [0.5, 0.6) is 5.75 Å². The van der Waals surface area contributed by atoms with E-state index < -0.39 is 4.87 Å². The van der Waals surface area contributed by atoms with E-state index in [9.17, 15) is 14.9 Å². The molecule has 3 aromatic rings. The summed E-state index contributed by atoms with van der Waals surface area (Å²) in [7, 11) is 1.58. The van der Waals surface area contributed by atoms with Crippen molar-refractivity contribution < 1.29 is 14.3 Å². The number of anilines is 1. The molecule has 34 heavy (non-hydrogen) atoms. The number of ether oxygens (including phenoxy) is 1. The van der Waals surface area contributed by atoms with Gasteiger partial charge in [-0.05, 0) is 60.2 Å². The fraction of sp³-hybridized carbons (Fsp3) is 0.192. The zero-order valence-corrected chi connectivity index (χ0v) is 19.9. The Morgan fingerprint density at radius 2 is 1.97 bits per heavy atom. The largest absolute Gasteiger partial charge is 0.497 e. The van der Waals surface area contributed by atoms with E-state index >= 15 is 0 Å². The lowest BCUT2D eigenvalue weighted by Gasteiger charge is -2.33. The van der Waals surface area contributed by atoms with Gasteiger partial charge in [0.25, 0.3) is 11.8 Å². The predicted octanol–water partition coefficient (Wildman–Crippen LogP) is 4.81. The predicted molar refractivity (Wildman–Crippen MR) is 132 cm³/mol. The number of fused-ring (bicyclic) bond motifs is 2. The maximum absolute atomic E-state index is 14.1. The first-order valence-corrected chi connectivity index (χ1v) is 12.1. The average molecular weight is 490 g/mol. The van der Waals surface area contributed by atoms with Gasteiger partial charge in [0.15, 0.2) is 4.87 Å². The molecule has 2 aliphatic rings. The number of carbonyl (C=O) groups excluding carboxylic acids is 2. The van der Waals surface area contributed by atoms with E-state index in [0.717, 1.165) is 16.8 Å². The van der Waals surface area contributed by atoms with Gasteiger partial charge in [-0.2, -0.15) is 5.26 Å². The fourth-order valence-electron chi connectivity index (χ4n) is 4.55. The number of halogens is 1. The second-order valence-electron chi connectivity index (χ2n) is 8.04. The topological polar surface area (TPSA) is 73.6 Å². The Hall–Kier alpha value is -3.47. The molecule has 0 unspecified atom stereocenters. The van der Waals surface area contributed by atoms with Crippen LogP contribution in [0.3, 0.4) is 0 Å². The van der Waals surface area contributed by atoms with Crippen LogP contribution in [0.1, 0.15) is 27.0 Å². The highest BCUT2D eigenvalue weighted by atomic mass is 35.5. The van der Waals surface area contributed by atoms with Crippen LogP contribution in [0.2, 0.25) is 5.02 Å². The Balaban J connectivity index is 1.60. The number of thioether (sulfide) groups is 1. The second-order valence-corrected chi connectivity index (χ2v) is 9.77. The number of carbonyl (C=O) groups is 2. The van der Waals surface area contributed by atoms with E-state index in [2.05, 4.69) is 6.07 Å². The van der Waals surface area contributed by atoms with Crippen molar-refractivity contribution in [2.45, 2.75) is 11.4 Å². The molecule has 1 fully saturated rings. The van der Waals surface area contributed by atoms with Gasteiger partial charge in [-0.25, -0.2) is 0 Å². The van der Waals surface area contributed by atoms with Crippen LogP contribution < -0.4 is 9.64 Å². The molecule has 1 saturated heterocycles. The minimum Gasteiger partial charge on any atom is -0.497 e. The molecule has 0 saturated carbocycles. The monoisotopic (exact) mass is 489 g/mol. The second kappa shape index (κ2) is 8.71. The number of nitrogens with zero attached hydrogens (tertiary/aromatic N) is 3. The van der Waals surface area contributed by atoms with Crippen molar-refractivity contribution >= 4 is 40.9 Å². The lowest BCUT2D eigenvalue weighted by molar-refractivity contribution is -0.123. The van der Waals surface area contributed by atoms with Crippen LogP contribution in [0.4, 0.5) is 5.69 Å². The molecular weight excluding hydrogens is 470 g/mol. The first-order chi connectivity index (χ1) is 16.5. The van der Waals surface area contributed by atoms with Crippen LogP contribution in [0, 0.1) is 11.3 Å². The molecule has 1 atom stereocenters. The lowest BCUT2D eigenvalue weighted by Crippen LogP contribution is -2.50. The Morgan fingerprint density at radius 1 is 1.18 bits per heavy atom. The normalized spacial score (nSPS) is 18.8. The van der Waals surface area contributed by atoms with Crippen molar-refractivity contribution in [2.24, 2.45) is 0 Å². The highest BCUT2D eigenvalue weighted by Gasteiger charge is 2.59. The highest BCUT2D eigenvalue weighted by molar-refractivity contribution is 8.01. The van der Waals surface area contributed by atoms with Crippen molar-refractivity contribution in [1.29, 1.82) is 5.26 Å². The fourth-order valence-corrected chi connectivity index (χ4v) is 6.13. The molecule has 3 aromatic carbocycles. The summed E-state index contributed by atoms with van der Waals surface area (Å²) in [4.78, 5) is 29.9. The Labute approximate surface area is 206 Å². The van der Waals surface area contributed by atoms with Gasteiger partial charge in [0.05, 0.1) is 31.0 Å². The molecule has 2 heterocycles. The zero-order valence-electron chi connectivity index (χ0n) is 18.3. The number of hydrogen-bond donors (Lipinski definition) is 0. The molecule has 0 aliphatic carbocycles. The summed E-state index contributed by atoms with van der Waals surface area (Å²) in [5.41, 5.74) is 3.31. The van der Waals surface area contributed by atoms with Gasteiger partial charge >= 0.3 is 0 Å². The maximum Gasteiger partial charge on any atom is 0.268 e. The van der Waals surface area contributed by atoms with Crippen LogP contribution in [-0.2, 0) is 16.2 Å². The maximum atomic E-state index is 14.1. The number of methoxy groups -OCH3 is 1. The third kappa shape index (κ3) is 3.51. The number of hydrogen-bond acceptors (Lipinski definition) is 5. The molecular formula is C26H20ClN3O3S. The van der Waals surface area contributed by atoms with E-state index in [0.29, 0.717) is 40.7 Å². The van der Waals surface area contributed by atoms with E-state index in [-0.39, 0.29) is 11.8 Å². The summed E-state index contributed by atoms with van der Waals surface area (Å²) in [6, 6.07) is 21.6. The quantitative estimate of drug-likeness (QED) is 0.526. The first-order valence-electron chi connectivity index (χ1n) is 10.7. The third-order valence-electron chi connectivity index (χ3n) is 6.13. The van der Waals surface area contributed by atoms with Crippen LogP contribution in [0.15, 0.2) is 66.7 Å². The van der Waals surface area contributed by atoms with Crippen molar-refractivity contribution in [3.05, 3.63) is 94.0 Å². The number of nitriles is 1. The summed E-state index contributed by atoms with van der Waals surface area (Å²) in [5, 5.41) is 9.82. The number of rotatable bonds is 4. The van der Waals surface area contributed by atoms with Gasteiger partial charge in [0, 0.05) is 28.4 Å². The smallest absolute Gasteiger partial charge is 0.268 e. The zero-order chi connectivity index (χ0) is 23.9. The van der Waals surface area contributed by atoms with Gasteiger partial charge in [-0.1, -0.05) is 23.7 Å². The molecule has 0 N–H and O–H groups in total. The van der Waals surface area contributed by atoms with Crippen LogP contribution in [0.25, 0.3) is 0 Å². The van der Waals surface area contributed by atoms with Crippen molar-refractivity contribution in [3.8, 4) is 11.8 Å². The molecule has 0 aromatic heterocycles. The van der Waals surface area contributed by atoms with Gasteiger partial charge < -0.3 is 14.5 Å². The molecule has 0 radical (unpaired) electrons. The van der Waals surface area contributed by atoms with Crippen molar-refractivity contribution in [1.82, 2.24) is 4.90 Å². The number of benzene rings is 3. The summed E-state index contributed by atoms with van der Waals surface area (Å²) >= 11 is 7.47. The Morgan fingerprint density at radius 3 is 2.71 bits per heavy atom.